The van der Waals surface area contributed by atoms with Crippen LogP contribution < -0.4 is 0 Å². The number of hydrogen-bond donors (Lipinski definition) is 0. The van der Waals surface area contributed by atoms with Crippen LogP contribution in [0.25, 0.3) is 0 Å². The summed E-state index contributed by atoms with van der Waals surface area (Å²) in [6.45, 7) is 9.43. The van der Waals surface area contributed by atoms with Gasteiger partial charge in [-0.25, -0.2) is 0 Å². The SMILES string of the molecule is CCCCCCP(CCCCCC)C(CC)CCCC. The number of rotatable bonds is 15. The lowest BCUT2D eigenvalue weighted by Gasteiger charge is -2.27. The first-order valence-corrected chi connectivity index (χ1v) is 11.3. The van der Waals surface area contributed by atoms with Crippen LogP contribution in [0.4, 0.5) is 0 Å². The van der Waals surface area contributed by atoms with Crippen LogP contribution in [0, 0.1) is 0 Å². The second kappa shape index (κ2) is 15.8. The Balaban J connectivity index is 4.11. The topological polar surface area (TPSA) is 0 Å². The van der Waals surface area contributed by atoms with Crippen LogP contribution in [0.15, 0.2) is 0 Å². The summed E-state index contributed by atoms with van der Waals surface area (Å²) in [5.41, 5.74) is 1.08. The van der Waals surface area contributed by atoms with Crippen molar-refractivity contribution in [3.05, 3.63) is 0 Å². The van der Waals surface area contributed by atoms with Crippen molar-refractivity contribution in [2.45, 2.75) is 110 Å². The minimum Gasteiger partial charge on any atom is -0.104 e. The van der Waals surface area contributed by atoms with Crippen LogP contribution >= 0.6 is 7.92 Å². The van der Waals surface area contributed by atoms with E-state index < -0.39 is 0 Å². The molecule has 0 aliphatic heterocycles. The molecule has 1 heteroatoms. The Bertz CT molecular complexity index is 167. The molecule has 0 aromatic rings. The molecule has 0 amide bonds. The average molecular weight is 301 g/mol. The molecule has 122 valence electrons. The molecule has 0 nitrogen and oxygen atoms in total. The number of unbranched alkanes of at least 4 members (excludes halogenated alkanes) is 7. The minimum atomic E-state index is 0.331. The van der Waals surface area contributed by atoms with Gasteiger partial charge in [0.15, 0.2) is 0 Å². The fraction of sp³-hybridized carbons (Fsp3) is 1.00. The van der Waals surface area contributed by atoms with Crippen molar-refractivity contribution in [3.8, 4) is 0 Å². The lowest BCUT2D eigenvalue weighted by molar-refractivity contribution is 0.650. The molecule has 0 bridgehead atoms. The summed E-state index contributed by atoms with van der Waals surface area (Å²) < 4.78 is 0. The fourth-order valence-electron chi connectivity index (χ4n) is 3.04. The van der Waals surface area contributed by atoms with Gasteiger partial charge in [-0.1, -0.05) is 79.1 Å². The van der Waals surface area contributed by atoms with Gasteiger partial charge in [-0.05, 0) is 43.7 Å². The van der Waals surface area contributed by atoms with Crippen LogP contribution in [0.5, 0.6) is 0 Å². The van der Waals surface area contributed by atoms with Crippen molar-refractivity contribution < 1.29 is 0 Å². The van der Waals surface area contributed by atoms with Crippen LogP contribution in [-0.2, 0) is 0 Å². The Kier molecular flexibility index (Phi) is 16.2. The first-order valence-electron chi connectivity index (χ1n) is 9.54. The van der Waals surface area contributed by atoms with E-state index in [-0.39, 0.29) is 0 Å². The van der Waals surface area contributed by atoms with E-state index in [0.29, 0.717) is 7.92 Å². The molecule has 0 rings (SSSR count). The maximum Gasteiger partial charge on any atom is -0.0212 e. The molecule has 0 aromatic carbocycles. The molecule has 0 N–H and O–H groups in total. The van der Waals surface area contributed by atoms with Gasteiger partial charge in [0, 0.05) is 0 Å². The third-order valence-electron chi connectivity index (χ3n) is 4.48. The van der Waals surface area contributed by atoms with E-state index in [1.807, 2.05) is 0 Å². The van der Waals surface area contributed by atoms with Crippen molar-refractivity contribution >= 4 is 7.92 Å². The molecule has 1 atom stereocenters. The van der Waals surface area contributed by atoms with E-state index >= 15 is 0 Å². The standard InChI is InChI=1S/C19H41P/c1-5-9-12-14-17-20(18-15-13-10-6-2)19(8-4)16-11-7-3/h19H,5-18H2,1-4H3. The highest BCUT2D eigenvalue weighted by Gasteiger charge is 2.18. The summed E-state index contributed by atoms with van der Waals surface area (Å²) in [5.74, 6) is 0. The zero-order valence-corrected chi connectivity index (χ0v) is 15.8. The van der Waals surface area contributed by atoms with Gasteiger partial charge in [0.05, 0.1) is 0 Å². The molecule has 0 saturated heterocycles. The van der Waals surface area contributed by atoms with Gasteiger partial charge < -0.3 is 0 Å². The molecule has 0 aromatic heterocycles. The molecular weight excluding hydrogens is 259 g/mol. The van der Waals surface area contributed by atoms with Gasteiger partial charge in [-0.15, -0.1) is 7.92 Å². The quantitative estimate of drug-likeness (QED) is 0.216. The summed E-state index contributed by atoms with van der Waals surface area (Å²) in [6, 6.07) is 0. The summed E-state index contributed by atoms with van der Waals surface area (Å²) >= 11 is 0. The summed E-state index contributed by atoms with van der Waals surface area (Å²) in [4.78, 5) is 0. The second-order valence-corrected chi connectivity index (χ2v) is 9.16. The molecule has 0 saturated carbocycles. The Labute approximate surface area is 131 Å². The Morgan fingerprint density at radius 1 is 0.600 bits per heavy atom. The Hall–Kier alpha value is 0.430. The van der Waals surface area contributed by atoms with Crippen LogP contribution in [-0.4, -0.2) is 18.0 Å². The van der Waals surface area contributed by atoms with E-state index in [1.165, 1.54) is 77.0 Å². The van der Waals surface area contributed by atoms with Crippen molar-refractivity contribution in [3.63, 3.8) is 0 Å². The molecular formula is C19H41P. The van der Waals surface area contributed by atoms with Crippen molar-refractivity contribution in [2.75, 3.05) is 12.3 Å². The van der Waals surface area contributed by atoms with Gasteiger partial charge in [-0.2, -0.15) is 0 Å². The fourth-order valence-corrected chi connectivity index (χ4v) is 6.32. The highest BCUT2D eigenvalue weighted by molar-refractivity contribution is 7.58. The Morgan fingerprint density at radius 3 is 1.50 bits per heavy atom. The van der Waals surface area contributed by atoms with Crippen LogP contribution in [0.3, 0.4) is 0 Å². The third-order valence-corrected chi connectivity index (χ3v) is 7.91. The van der Waals surface area contributed by atoms with E-state index in [9.17, 15) is 0 Å². The second-order valence-electron chi connectivity index (χ2n) is 6.36. The summed E-state index contributed by atoms with van der Waals surface area (Å²) in [7, 11) is 0.331. The highest BCUT2D eigenvalue weighted by Crippen LogP contribution is 2.47. The minimum absolute atomic E-state index is 0.331. The molecule has 1 unspecified atom stereocenters. The van der Waals surface area contributed by atoms with Gasteiger partial charge >= 0.3 is 0 Å². The van der Waals surface area contributed by atoms with Gasteiger partial charge in [0.2, 0.25) is 0 Å². The molecule has 0 aliphatic carbocycles. The predicted molar refractivity (Wildman–Crippen MR) is 98.5 cm³/mol. The lowest BCUT2D eigenvalue weighted by Crippen LogP contribution is -2.09. The zero-order valence-electron chi connectivity index (χ0n) is 14.9. The van der Waals surface area contributed by atoms with Crippen molar-refractivity contribution in [2.24, 2.45) is 0 Å². The van der Waals surface area contributed by atoms with E-state index in [1.54, 1.807) is 12.3 Å². The summed E-state index contributed by atoms with van der Waals surface area (Å²) in [5, 5.41) is 0. The monoisotopic (exact) mass is 300 g/mol. The van der Waals surface area contributed by atoms with Gasteiger partial charge in [0.1, 0.15) is 0 Å². The van der Waals surface area contributed by atoms with Gasteiger partial charge in [-0.3, -0.25) is 0 Å². The van der Waals surface area contributed by atoms with E-state index in [2.05, 4.69) is 27.7 Å². The summed E-state index contributed by atoms with van der Waals surface area (Å²) in [6.07, 6.45) is 20.6. The van der Waals surface area contributed by atoms with Crippen LogP contribution in [0.2, 0.25) is 0 Å². The normalized spacial score (nSPS) is 13.1. The lowest BCUT2D eigenvalue weighted by atomic mass is 10.2. The number of hydrogen-bond acceptors (Lipinski definition) is 0. The van der Waals surface area contributed by atoms with Crippen LogP contribution in [0.1, 0.15) is 105 Å². The zero-order chi connectivity index (χ0) is 15.1. The highest BCUT2D eigenvalue weighted by atomic mass is 31.1. The molecule has 0 heterocycles. The molecule has 0 fully saturated rings. The van der Waals surface area contributed by atoms with E-state index in [0.717, 1.165) is 5.66 Å². The maximum atomic E-state index is 2.44. The average Bonchev–Trinajstić information content (AvgIpc) is 2.47. The third kappa shape index (κ3) is 11.1. The largest absolute Gasteiger partial charge is 0.104 e. The smallest absolute Gasteiger partial charge is 0.0212 e. The van der Waals surface area contributed by atoms with Crippen molar-refractivity contribution in [1.82, 2.24) is 0 Å². The molecule has 0 radical (unpaired) electrons. The predicted octanol–water partition coefficient (Wildman–Crippen LogP) is 7.60. The molecule has 0 aliphatic rings. The first-order chi connectivity index (χ1) is 9.79. The Morgan fingerprint density at radius 2 is 1.10 bits per heavy atom. The van der Waals surface area contributed by atoms with Crippen molar-refractivity contribution in [1.29, 1.82) is 0 Å². The van der Waals surface area contributed by atoms with Gasteiger partial charge in [0.25, 0.3) is 0 Å². The molecule has 0 spiro atoms. The first kappa shape index (κ1) is 20.4. The maximum absolute atomic E-state index is 2.44. The molecule has 20 heavy (non-hydrogen) atoms. The van der Waals surface area contributed by atoms with E-state index in [4.69, 9.17) is 0 Å².